The van der Waals surface area contributed by atoms with Gasteiger partial charge in [0.1, 0.15) is 10.6 Å². The Morgan fingerprint density at radius 3 is 2.55 bits per heavy atom. The molecule has 0 aliphatic carbocycles. The van der Waals surface area contributed by atoms with Crippen LogP contribution in [0.4, 0.5) is 5.69 Å². The summed E-state index contributed by atoms with van der Waals surface area (Å²) in [6.45, 7) is 4.05. The molecule has 0 fully saturated rings. The van der Waals surface area contributed by atoms with Crippen LogP contribution in [0.3, 0.4) is 0 Å². The lowest BCUT2D eigenvalue weighted by Gasteiger charge is -2.10. The molecule has 0 unspecified atom stereocenters. The molecule has 5 nitrogen and oxygen atoms in total. The summed E-state index contributed by atoms with van der Waals surface area (Å²) in [7, 11) is 2.75. The van der Waals surface area contributed by atoms with E-state index in [-0.39, 0.29) is 16.6 Å². The first-order chi connectivity index (χ1) is 9.24. The predicted octanol–water partition coefficient (Wildman–Crippen LogP) is 3.00. The highest BCUT2D eigenvalue weighted by Crippen LogP contribution is 2.29. The number of amides is 1. The van der Waals surface area contributed by atoms with E-state index in [1.807, 2.05) is 13.8 Å². The van der Waals surface area contributed by atoms with Crippen LogP contribution in [0.15, 0.2) is 23.1 Å². The fourth-order valence-electron chi connectivity index (χ4n) is 1.59. The molecule has 0 aliphatic rings. The van der Waals surface area contributed by atoms with Gasteiger partial charge in [0.25, 0.3) is 9.05 Å². The number of benzene rings is 1. The third-order valence-corrected chi connectivity index (χ3v) is 4.00. The van der Waals surface area contributed by atoms with Gasteiger partial charge in [0.05, 0.1) is 7.11 Å². The molecule has 0 atom stereocenters. The van der Waals surface area contributed by atoms with Crippen molar-refractivity contribution in [3.05, 3.63) is 18.2 Å². The summed E-state index contributed by atoms with van der Waals surface area (Å²) in [6.07, 6.45) is 1.15. The topological polar surface area (TPSA) is 72.5 Å². The first-order valence-electron chi connectivity index (χ1n) is 6.16. The van der Waals surface area contributed by atoms with E-state index in [4.69, 9.17) is 15.4 Å². The first-order valence-corrected chi connectivity index (χ1v) is 8.47. The van der Waals surface area contributed by atoms with Gasteiger partial charge in [0.15, 0.2) is 0 Å². The molecule has 112 valence electrons. The van der Waals surface area contributed by atoms with E-state index in [9.17, 15) is 13.2 Å². The molecular formula is C13H18ClNO4S. The van der Waals surface area contributed by atoms with Crippen molar-refractivity contribution in [3.63, 3.8) is 0 Å². The first kappa shape index (κ1) is 16.8. The van der Waals surface area contributed by atoms with Crippen molar-refractivity contribution in [1.82, 2.24) is 0 Å². The normalized spacial score (nSPS) is 11.4. The minimum absolute atomic E-state index is 0.139. The van der Waals surface area contributed by atoms with E-state index in [2.05, 4.69) is 5.32 Å². The van der Waals surface area contributed by atoms with E-state index < -0.39 is 9.05 Å². The molecule has 1 aromatic rings. The summed E-state index contributed by atoms with van der Waals surface area (Å²) in [6, 6.07) is 4.30. The lowest BCUT2D eigenvalue weighted by atomic mass is 10.1. The van der Waals surface area contributed by atoms with Crippen molar-refractivity contribution in [1.29, 1.82) is 0 Å². The van der Waals surface area contributed by atoms with E-state index >= 15 is 0 Å². The molecule has 1 amide bonds. The van der Waals surface area contributed by atoms with Gasteiger partial charge < -0.3 is 10.1 Å². The average molecular weight is 320 g/mol. The average Bonchev–Trinajstić information content (AvgIpc) is 2.35. The highest BCUT2D eigenvalue weighted by Gasteiger charge is 2.17. The molecule has 0 aliphatic heterocycles. The van der Waals surface area contributed by atoms with Crippen molar-refractivity contribution in [3.8, 4) is 5.75 Å². The van der Waals surface area contributed by atoms with Gasteiger partial charge in [-0.3, -0.25) is 4.79 Å². The van der Waals surface area contributed by atoms with Gasteiger partial charge in [-0.1, -0.05) is 13.8 Å². The fourth-order valence-corrected chi connectivity index (χ4v) is 2.61. The Kier molecular flexibility index (Phi) is 5.83. The van der Waals surface area contributed by atoms with Crippen molar-refractivity contribution in [2.75, 3.05) is 12.4 Å². The van der Waals surface area contributed by atoms with Crippen molar-refractivity contribution in [2.45, 2.75) is 31.6 Å². The zero-order valence-corrected chi connectivity index (χ0v) is 13.2. The molecule has 0 bridgehead atoms. The van der Waals surface area contributed by atoms with Crippen LogP contribution < -0.4 is 10.1 Å². The number of methoxy groups -OCH3 is 1. The monoisotopic (exact) mass is 319 g/mol. The van der Waals surface area contributed by atoms with E-state index in [1.165, 1.54) is 19.2 Å². The Bertz CT molecular complexity index is 584. The largest absolute Gasteiger partial charge is 0.495 e. The summed E-state index contributed by atoms with van der Waals surface area (Å²) < 4.78 is 27.8. The van der Waals surface area contributed by atoms with Gasteiger partial charge in [-0.2, -0.15) is 0 Å². The molecular weight excluding hydrogens is 302 g/mol. The SMILES string of the molecule is COc1ccc(NC(=O)CCC(C)C)cc1S(=O)(=O)Cl. The number of ether oxygens (including phenoxy) is 1. The maximum atomic E-state index is 11.7. The number of hydrogen-bond donors (Lipinski definition) is 1. The van der Waals surface area contributed by atoms with E-state index in [0.717, 1.165) is 6.42 Å². The number of carbonyl (C=O) groups is 1. The Hall–Kier alpha value is -1.27. The molecule has 20 heavy (non-hydrogen) atoms. The number of carbonyl (C=O) groups excluding carboxylic acids is 1. The van der Waals surface area contributed by atoms with Crippen LogP contribution in [0, 0.1) is 5.92 Å². The number of anilines is 1. The minimum Gasteiger partial charge on any atom is -0.495 e. The van der Waals surface area contributed by atoms with Gasteiger partial charge in [-0.25, -0.2) is 8.42 Å². The number of nitrogens with one attached hydrogen (secondary N) is 1. The van der Waals surface area contributed by atoms with E-state index in [0.29, 0.717) is 18.0 Å². The summed E-state index contributed by atoms with van der Waals surface area (Å²) in [5.74, 6) is 0.400. The van der Waals surface area contributed by atoms with Crippen LogP contribution in [0.2, 0.25) is 0 Å². The summed E-state index contributed by atoms with van der Waals surface area (Å²) in [4.78, 5) is 11.5. The van der Waals surface area contributed by atoms with Gasteiger partial charge in [0.2, 0.25) is 5.91 Å². The van der Waals surface area contributed by atoms with Crippen molar-refractivity contribution >= 4 is 31.3 Å². The smallest absolute Gasteiger partial charge is 0.265 e. The fraction of sp³-hybridized carbons (Fsp3) is 0.462. The molecule has 0 aromatic heterocycles. The second-order valence-electron chi connectivity index (χ2n) is 4.78. The third-order valence-electron chi connectivity index (χ3n) is 2.66. The highest BCUT2D eigenvalue weighted by atomic mass is 35.7. The quantitative estimate of drug-likeness (QED) is 0.818. The third kappa shape index (κ3) is 5.02. The van der Waals surface area contributed by atoms with E-state index in [1.54, 1.807) is 6.07 Å². The second kappa shape index (κ2) is 6.95. The zero-order chi connectivity index (χ0) is 15.3. The second-order valence-corrected chi connectivity index (χ2v) is 7.32. The van der Waals surface area contributed by atoms with Gasteiger partial charge in [0, 0.05) is 22.8 Å². The molecule has 7 heteroatoms. The Morgan fingerprint density at radius 1 is 1.40 bits per heavy atom. The molecule has 1 aromatic carbocycles. The van der Waals surface area contributed by atoms with Crippen LogP contribution in [-0.4, -0.2) is 21.4 Å². The standard InChI is InChI=1S/C13H18ClNO4S/c1-9(2)4-7-13(16)15-10-5-6-11(19-3)12(8-10)20(14,17)18/h5-6,8-9H,4,7H2,1-3H3,(H,15,16). The Labute approximate surface area is 123 Å². The Morgan fingerprint density at radius 2 is 2.05 bits per heavy atom. The predicted molar refractivity (Wildman–Crippen MR) is 78.7 cm³/mol. The lowest BCUT2D eigenvalue weighted by molar-refractivity contribution is -0.116. The van der Waals surface area contributed by atoms with Crippen LogP contribution >= 0.6 is 10.7 Å². The molecule has 0 saturated carbocycles. The maximum absolute atomic E-state index is 11.7. The molecule has 0 heterocycles. The number of halogens is 1. The summed E-state index contributed by atoms with van der Waals surface area (Å²) in [5.41, 5.74) is 0.374. The van der Waals surface area contributed by atoms with Crippen LogP contribution in [0.25, 0.3) is 0 Å². The van der Waals surface area contributed by atoms with Gasteiger partial charge in [-0.05, 0) is 30.5 Å². The minimum atomic E-state index is -3.93. The maximum Gasteiger partial charge on any atom is 0.265 e. The summed E-state index contributed by atoms with van der Waals surface area (Å²) >= 11 is 0. The molecule has 1 N–H and O–H groups in total. The highest BCUT2D eigenvalue weighted by molar-refractivity contribution is 8.13. The van der Waals surface area contributed by atoms with Crippen LogP contribution in [0.1, 0.15) is 26.7 Å². The van der Waals surface area contributed by atoms with Crippen LogP contribution in [0.5, 0.6) is 5.75 Å². The van der Waals surface area contributed by atoms with Gasteiger partial charge >= 0.3 is 0 Å². The molecule has 0 radical (unpaired) electrons. The summed E-state index contributed by atoms with van der Waals surface area (Å²) in [5, 5.41) is 2.64. The molecule has 1 rings (SSSR count). The lowest BCUT2D eigenvalue weighted by Crippen LogP contribution is -2.12. The van der Waals surface area contributed by atoms with Crippen LogP contribution in [-0.2, 0) is 13.8 Å². The van der Waals surface area contributed by atoms with Crippen molar-refractivity contribution in [2.24, 2.45) is 5.92 Å². The molecule has 0 spiro atoms. The number of hydrogen-bond acceptors (Lipinski definition) is 4. The Balaban J connectivity index is 2.90. The molecule has 0 saturated heterocycles. The van der Waals surface area contributed by atoms with Gasteiger partial charge in [-0.15, -0.1) is 0 Å². The van der Waals surface area contributed by atoms with Crippen molar-refractivity contribution < 1.29 is 17.9 Å². The number of rotatable bonds is 6. The zero-order valence-electron chi connectivity index (χ0n) is 11.6.